The molecule has 1 N–H and O–H groups in total. The van der Waals surface area contributed by atoms with E-state index >= 15 is 0 Å². The number of fused-ring (bicyclic) bond motifs is 1. The minimum atomic E-state index is -0.465. The largest absolute Gasteiger partial charge is 0.455 e. The van der Waals surface area contributed by atoms with Crippen LogP contribution in [-0.4, -0.2) is 23.1 Å². The Hall–Kier alpha value is -1.10. The zero-order valence-electron chi connectivity index (χ0n) is 10.5. The van der Waals surface area contributed by atoms with Crippen LogP contribution in [0.15, 0.2) is 0 Å². The van der Waals surface area contributed by atoms with Crippen LogP contribution < -0.4 is 5.32 Å². The summed E-state index contributed by atoms with van der Waals surface area (Å²) in [5, 5.41) is 4.80. The first-order chi connectivity index (χ1) is 7.96. The maximum absolute atomic E-state index is 11.9. The van der Waals surface area contributed by atoms with Gasteiger partial charge in [0.05, 0.1) is 5.69 Å². The second-order valence-corrected chi connectivity index (χ2v) is 6.18. The number of thiazole rings is 1. The molecule has 0 saturated heterocycles. The van der Waals surface area contributed by atoms with Gasteiger partial charge in [0, 0.05) is 6.54 Å². The molecule has 94 valence electrons. The Morgan fingerprint density at radius 3 is 2.88 bits per heavy atom. The molecule has 0 fully saturated rings. The van der Waals surface area contributed by atoms with Crippen molar-refractivity contribution in [2.24, 2.45) is 0 Å². The second-order valence-electron chi connectivity index (χ2n) is 5.18. The molecule has 1 aliphatic rings. The average Bonchev–Trinajstić information content (AvgIpc) is 2.48. The number of aryl methyl sites for hydroxylation is 1. The molecular formula is C12H18N2O2S. The lowest BCUT2D eigenvalue weighted by Crippen LogP contribution is -2.23. The molecule has 0 aromatic carbocycles. The van der Waals surface area contributed by atoms with E-state index in [9.17, 15) is 4.79 Å². The third kappa shape index (κ3) is 3.19. The van der Waals surface area contributed by atoms with Gasteiger partial charge in [-0.15, -0.1) is 0 Å². The lowest BCUT2D eigenvalue weighted by Gasteiger charge is -2.18. The van der Waals surface area contributed by atoms with Gasteiger partial charge in [-0.05, 0) is 40.0 Å². The number of esters is 1. The molecule has 2 rings (SSSR count). The van der Waals surface area contributed by atoms with Crippen molar-refractivity contribution in [3.05, 3.63) is 10.7 Å². The van der Waals surface area contributed by atoms with E-state index in [4.69, 9.17) is 4.74 Å². The molecule has 0 radical (unpaired) electrons. The van der Waals surface area contributed by atoms with Crippen LogP contribution in [0.3, 0.4) is 0 Å². The molecule has 1 aliphatic heterocycles. The number of nitrogens with one attached hydrogen (secondary N) is 1. The fraction of sp³-hybridized carbons (Fsp3) is 0.667. The summed E-state index contributed by atoms with van der Waals surface area (Å²) in [5.74, 6) is -0.322. The molecule has 4 nitrogen and oxygen atoms in total. The van der Waals surface area contributed by atoms with Crippen molar-refractivity contribution in [3.8, 4) is 0 Å². The number of nitrogens with zero attached hydrogens (tertiary/aromatic N) is 1. The molecule has 17 heavy (non-hydrogen) atoms. The van der Waals surface area contributed by atoms with E-state index in [2.05, 4.69) is 10.3 Å². The number of hydrogen-bond donors (Lipinski definition) is 1. The molecule has 1 aromatic heterocycles. The molecule has 5 heteroatoms. The minimum Gasteiger partial charge on any atom is -0.455 e. The molecule has 0 unspecified atom stereocenters. The molecule has 0 atom stereocenters. The van der Waals surface area contributed by atoms with E-state index in [0.717, 1.165) is 36.5 Å². The van der Waals surface area contributed by atoms with Crippen LogP contribution in [0.4, 0.5) is 5.00 Å². The summed E-state index contributed by atoms with van der Waals surface area (Å²) < 4.78 is 5.31. The third-order valence-electron chi connectivity index (χ3n) is 2.40. The van der Waals surface area contributed by atoms with Crippen molar-refractivity contribution >= 4 is 22.3 Å². The van der Waals surface area contributed by atoms with Crippen LogP contribution in [0.1, 0.15) is 49.1 Å². The SMILES string of the molecule is CC(C)(C)OC(=O)c1nc2c(s1)NCCCC2. The zero-order valence-corrected chi connectivity index (χ0v) is 11.3. The third-order valence-corrected chi connectivity index (χ3v) is 3.43. The van der Waals surface area contributed by atoms with E-state index in [1.54, 1.807) is 0 Å². The van der Waals surface area contributed by atoms with Crippen LogP contribution in [0, 0.1) is 0 Å². The molecule has 0 bridgehead atoms. The van der Waals surface area contributed by atoms with Gasteiger partial charge in [0.2, 0.25) is 5.01 Å². The number of rotatable bonds is 1. The number of anilines is 1. The summed E-state index contributed by atoms with van der Waals surface area (Å²) in [4.78, 5) is 16.2. The van der Waals surface area contributed by atoms with Crippen LogP contribution in [-0.2, 0) is 11.2 Å². The van der Waals surface area contributed by atoms with Gasteiger partial charge in [-0.1, -0.05) is 11.3 Å². The zero-order chi connectivity index (χ0) is 12.5. The first-order valence-electron chi connectivity index (χ1n) is 5.92. The number of carbonyl (C=O) groups is 1. The van der Waals surface area contributed by atoms with Gasteiger partial charge in [0.15, 0.2) is 0 Å². The fourth-order valence-corrected chi connectivity index (χ4v) is 2.60. The maximum Gasteiger partial charge on any atom is 0.368 e. The highest BCUT2D eigenvalue weighted by molar-refractivity contribution is 7.17. The van der Waals surface area contributed by atoms with Gasteiger partial charge in [-0.3, -0.25) is 0 Å². The van der Waals surface area contributed by atoms with Gasteiger partial charge < -0.3 is 10.1 Å². The van der Waals surface area contributed by atoms with Crippen molar-refractivity contribution in [3.63, 3.8) is 0 Å². The van der Waals surface area contributed by atoms with Crippen LogP contribution in [0.2, 0.25) is 0 Å². The molecule has 0 amide bonds. The highest BCUT2D eigenvalue weighted by atomic mass is 32.1. The Morgan fingerprint density at radius 1 is 1.41 bits per heavy atom. The predicted molar refractivity (Wildman–Crippen MR) is 68.7 cm³/mol. The first-order valence-corrected chi connectivity index (χ1v) is 6.74. The molecule has 1 aromatic rings. The molecular weight excluding hydrogens is 236 g/mol. The topological polar surface area (TPSA) is 51.2 Å². The average molecular weight is 254 g/mol. The number of hydrogen-bond acceptors (Lipinski definition) is 5. The lowest BCUT2D eigenvalue weighted by atomic mass is 10.2. The summed E-state index contributed by atoms with van der Waals surface area (Å²) >= 11 is 1.40. The van der Waals surface area contributed by atoms with Crippen molar-refractivity contribution in [1.29, 1.82) is 0 Å². The number of ether oxygens (including phenoxy) is 1. The molecule has 0 spiro atoms. The highest BCUT2D eigenvalue weighted by Gasteiger charge is 2.23. The lowest BCUT2D eigenvalue weighted by molar-refractivity contribution is 0.00690. The number of aromatic nitrogens is 1. The summed E-state index contributed by atoms with van der Waals surface area (Å²) in [6.07, 6.45) is 3.23. The smallest absolute Gasteiger partial charge is 0.368 e. The summed E-state index contributed by atoms with van der Waals surface area (Å²) in [6, 6.07) is 0. The Balaban J connectivity index is 2.15. The van der Waals surface area contributed by atoms with Gasteiger partial charge in [0.25, 0.3) is 0 Å². The van der Waals surface area contributed by atoms with Crippen molar-refractivity contribution in [2.45, 2.75) is 45.6 Å². The molecule has 0 saturated carbocycles. The Bertz CT molecular complexity index is 397. The monoisotopic (exact) mass is 254 g/mol. The Labute approximate surface area is 105 Å². The number of carbonyl (C=O) groups excluding carboxylic acids is 1. The van der Waals surface area contributed by atoms with Crippen molar-refractivity contribution in [2.75, 3.05) is 11.9 Å². The Kier molecular flexibility index (Phi) is 3.38. The van der Waals surface area contributed by atoms with Crippen LogP contribution >= 0.6 is 11.3 Å². The van der Waals surface area contributed by atoms with Gasteiger partial charge in [-0.25, -0.2) is 9.78 Å². The minimum absolute atomic E-state index is 0.322. The van der Waals surface area contributed by atoms with Crippen molar-refractivity contribution < 1.29 is 9.53 Å². The summed E-state index contributed by atoms with van der Waals surface area (Å²) in [7, 11) is 0. The van der Waals surface area contributed by atoms with E-state index < -0.39 is 5.60 Å². The summed E-state index contributed by atoms with van der Waals surface area (Å²) in [5.41, 5.74) is 0.543. The standard InChI is InChI=1S/C12H18N2O2S/c1-12(2,3)16-11(15)10-14-8-6-4-5-7-13-9(8)17-10/h13H,4-7H2,1-3H3. The quantitative estimate of drug-likeness (QED) is 0.783. The van der Waals surface area contributed by atoms with Crippen LogP contribution in [0.5, 0.6) is 0 Å². The normalized spacial score (nSPS) is 15.7. The first kappa shape index (κ1) is 12.4. The van der Waals surface area contributed by atoms with Gasteiger partial charge >= 0.3 is 5.97 Å². The Morgan fingerprint density at radius 2 is 2.18 bits per heavy atom. The highest BCUT2D eigenvalue weighted by Crippen LogP contribution is 2.29. The second kappa shape index (κ2) is 4.64. The van der Waals surface area contributed by atoms with Gasteiger partial charge in [0.1, 0.15) is 10.6 Å². The van der Waals surface area contributed by atoms with E-state index in [1.165, 1.54) is 11.3 Å². The van der Waals surface area contributed by atoms with E-state index in [0.29, 0.717) is 5.01 Å². The van der Waals surface area contributed by atoms with Crippen LogP contribution in [0.25, 0.3) is 0 Å². The molecule has 0 aliphatic carbocycles. The summed E-state index contributed by atoms with van der Waals surface area (Å²) in [6.45, 7) is 6.55. The molecule has 2 heterocycles. The predicted octanol–water partition coefficient (Wildman–Crippen LogP) is 2.85. The maximum atomic E-state index is 11.9. The fourth-order valence-electron chi connectivity index (χ4n) is 1.69. The van der Waals surface area contributed by atoms with Crippen molar-refractivity contribution in [1.82, 2.24) is 4.98 Å². The van der Waals surface area contributed by atoms with E-state index in [1.807, 2.05) is 20.8 Å². The van der Waals surface area contributed by atoms with E-state index in [-0.39, 0.29) is 5.97 Å². The van der Waals surface area contributed by atoms with Gasteiger partial charge in [-0.2, -0.15) is 0 Å².